The predicted octanol–water partition coefficient (Wildman–Crippen LogP) is 1.94. The van der Waals surface area contributed by atoms with Crippen LogP contribution in [-0.2, 0) is 0 Å². The highest BCUT2D eigenvalue weighted by Gasteiger charge is 2.48. The summed E-state index contributed by atoms with van der Waals surface area (Å²) in [5, 5.41) is 0. The molecule has 0 amide bonds. The molecule has 2 rings (SSSR count). The molecular weight excluding hydrogens is 162 g/mol. The number of nitrogens with one attached hydrogen (secondary N) is 1. The van der Waals surface area contributed by atoms with Crippen molar-refractivity contribution in [1.29, 1.82) is 0 Å². The maximum absolute atomic E-state index is 5.74. The monoisotopic (exact) mass is 179 g/mol. The van der Waals surface area contributed by atoms with E-state index in [1.165, 1.54) is 6.42 Å². The van der Waals surface area contributed by atoms with Crippen molar-refractivity contribution in [1.82, 2.24) is 9.97 Å². The number of nitrogens with zero attached hydrogens (tertiary/aromatic N) is 1. The molecule has 3 nitrogen and oxygen atoms in total. The number of hydrogen-bond acceptors (Lipinski definition) is 2. The normalized spacial score (nSPS) is 27.2. The summed E-state index contributed by atoms with van der Waals surface area (Å²) in [6, 6.07) is 0.0584. The highest BCUT2D eigenvalue weighted by molar-refractivity contribution is 5.18. The summed E-state index contributed by atoms with van der Waals surface area (Å²) in [5.41, 5.74) is 7.22. The van der Waals surface area contributed by atoms with Crippen molar-refractivity contribution in [2.24, 2.45) is 11.1 Å². The quantitative estimate of drug-likeness (QED) is 0.729. The van der Waals surface area contributed by atoms with Crippen LogP contribution in [0.5, 0.6) is 0 Å². The summed E-state index contributed by atoms with van der Waals surface area (Å²) < 4.78 is 0. The molecule has 1 aromatic rings. The van der Waals surface area contributed by atoms with Crippen LogP contribution < -0.4 is 5.73 Å². The third kappa shape index (κ3) is 1.48. The Morgan fingerprint density at radius 1 is 1.69 bits per heavy atom. The van der Waals surface area contributed by atoms with Crippen LogP contribution >= 0.6 is 0 Å². The van der Waals surface area contributed by atoms with E-state index < -0.39 is 0 Å². The van der Waals surface area contributed by atoms with Gasteiger partial charge in [-0.25, -0.2) is 4.98 Å². The van der Waals surface area contributed by atoms with Crippen molar-refractivity contribution in [3.05, 3.63) is 17.7 Å². The second kappa shape index (κ2) is 2.58. The number of aromatic nitrogens is 2. The van der Waals surface area contributed by atoms with Gasteiger partial charge in [-0.1, -0.05) is 13.8 Å². The predicted molar refractivity (Wildman–Crippen MR) is 52.3 cm³/mol. The van der Waals surface area contributed by atoms with Gasteiger partial charge in [0.2, 0.25) is 0 Å². The van der Waals surface area contributed by atoms with Crippen molar-refractivity contribution >= 4 is 0 Å². The molecule has 0 radical (unpaired) electrons. The smallest absolute Gasteiger partial charge is 0.109 e. The Hall–Kier alpha value is -0.830. The molecule has 1 aliphatic carbocycles. The van der Waals surface area contributed by atoms with Gasteiger partial charge in [0.25, 0.3) is 0 Å². The molecular formula is C10H17N3. The van der Waals surface area contributed by atoms with E-state index in [2.05, 4.69) is 23.8 Å². The zero-order chi connectivity index (χ0) is 9.64. The van der Waals surface area contributed by atoms with E-state index in [0.717, 1.165) is 11.5 Å². The standard InChI is InChI=1S/C10H17N3/c1-6(11)8-5-12-9(13-8)7-4-10(7,2)3/h5-7H,4,11H2,1-3H3,(H,12,13). The van der Waals surface area contributed by atoms with Gasteiger partial charge in [-0.2, -0.15) is 0 Å². The molecule has 2 atom stereocenters. The lowest BCUT2D eigenvalue weighted by molar-refractivity contribution is 0.610. The van der Waals surface area contributed by atoms with Crippen molar-refractivity contribution < 1.29 is 0 Å². The lowest BCUT2D eigenvalue weighted by Gasteiger charge is -2.01. The van der Waals surface area contributed by atoms with E-state index in [-0.39, 0.29) is 6.04 Å². The highest BCUT2D eigenvalue weighted by Crippen LogP contribution is 2.57. The summed E-state index contributed by atoms with van der Waals surface area (Å²) in [6.07, 6.45) is 3.09. The minimum atomic E-state index is 0.0584. The molecule has 3 heteroatoms. The molecule has 0 aromatic carbocycles. The van der Waals surface area contributed by atoms with Crippen LogP contribution in [0, 0.1) is 5.41 Å². The van der Waals surface area contributed by atoms with Crippen molar-refractivity contribution in [2.75, 3.05) is 0 Å². The number of imidazole rings is 1. The van der Waals surface area contributed by atoms with Crippen LogP contribution in [-0.4, -0.2) is 9.97 Å². The lowest BCUT2D eigenvalue weighted by atomic mass is 10.1. The number of aromatic amines is 1. The fourth-order valence-electron chi connectivity index (χ4n) is 1.69. The number of H-pyrrole nitrogens is 1. The lowest BCUT2D eigenvalue weighted by Crippen LogP contribution is -2.05. The maximum atomic E-state index is 5.74. The van der Waals surface area contributed by atoms with Crippen LogP contribution in [0.1, 0.15) is 50.7 Å². The Morgan fingerprint density at radius 3 is 2.69 bits per heavy atom. The molecule has 0 bridgehead atoms. The van der Waals surface area contributed by atoms with Gasteiger partial charge < -0.3 is 10.7 Å². The van der Waals surface area contributed by atoms with E-state index in [1.807, 2.05) is 13.1 Å². The molecule has 72 valence electrons. The summed E-state index contributed by atoms with van der Waals surface area (Å²) in [7, 11) is 0. The molecule has 0 spiro atoms. The summed E-state index contributed by atoms with van der Waals surface area (Å²) >= 11 is 0. The summed E-state index contributed by atoms with van der Waals surface area (Å²) in [4.78, 5) is 7.65. The second-order valence-corrected chi connectivity index (χ2v) is 4.76. The van der Waals surface area contributed by atoms with Crippen LogP contribution in [0.25, 0.3) is 0 Å². The van der Waals surface area contributed by atoms with Crippen LogP contribution in [0.4, 0.5) is 0 Å². The number of rotatable bonds is 2. The number of hydrogen-bond donors (Lipinski definition) is 2. The van der Waals surface area contributed by atoms with E-state index in [4.69, 9.17) is 5.73 Å². The largest absolute Gasteiger partial charge is 0.344 e. The Labute approximate surface area is 78.7 Å². The second-order valence-electron chi connectivity index (χ2n) is 4.76. The van der Waals surface area contributed by atoms with Crippen molar-refractivity contribution in [3.63, 3.8) is 0 Å². The molecule has 1 aliphatic rings. The minimum Gasteiger partial charge on any atom is -0.344 e. The molecule has 1 aromatic heterocycles. The summed E-state index contributed by atoms with van der Waals surface area (Å²) in [5.74, 6) is 1.72. The van der Waals surface area contributed by atoms with Gasteiger partial charge >= 0.3 is 0 Å². The molecule has 2 unspecified atom stereocenters. The first-order chi connectivity index (χ1) is 6.00. The first kappa shape index (κ1) is 8.75. The van der Waals surface area contributed by atoms with Crippen molar-refractivity contribution in [2.45, 2.75) is 39.2 Å². The SMILES string of the molecule is CC(N)c1cnc(C2CC2(C)C)[nH]1. The molecule has 1 heterocycles. The van der Waals surface area contributed by atoms with Crippen LogP contribution in [0.3, 0.4) is 0 Å². The van der Waals surface area contributed by atoms with Crippen molar-refractivity contribution in [3.8, 4) is 0 Å². The van der Waals surface area contributed by atoms with E-state index in [9.17, 15) is 0 Å². The van der Waals surface area contributed by atoms with Gasteiger partial charge in [-0.05, 0) is 18.8 Å². The Bertz CT molecular complexity index is 312. The fourth-order valence-corrected chi connectivity index (χ4v) is 1.69. The zero-order valence-electron chi connectivity index (χ0n) is 8.46. The van der Waals surface area contributed by atoms with E-state index in [0.29, 0.717) is 11.3 Å². The van der Waals surface area contributed by atoms with Crippen LogP contribution in [0.15, 0.2) is 6.20 Å². The van der Waals surface area contributed by atoms with Gasteiger partial charge in [0, 0.05) is 18.2 Å². The van der Waals surface area contributed by atoms with E-state index in [1.54, 1.807) is 0 Å². The topological polar surface area (TPSA) is 54.7 Å². The molecule has 0 saturated heterocycles. The average Bonchev–Trinajstić information content (AvgIpc) is 2.50. The van der Waals surface area contributed by atoms with Gasteiger partial charge in [-0.15, -0.1) is 0 Å². The molecule has 13 heavy (non-hydrogen) atoms. The molecule has 3 N–H and O–H groups in total. The third-order valence-corrected chi connectivity index (χ3v) is 2.95. The fraction of sp³-hybridized carbons (Fsp3) is 0.700. The first-order valence-corrected chi connectivity index (χ1v) is 4.81. The third-order valence-electron chi connectivity index (χ3n) is 2.95. The number of nitrogens with two attached hydrogens (primary N) is 1. The van der Waals surface area contributed by atoms with Gasteiger partial charge in [0.1, 0.15) is 5.82 Å². The minimum absolute atomic E-state index is 0.0584. The Kier molecular flexibility index (Phi) is 1.74. The molecule has 0 aliphatic heterocycles. The highest BCUT2D eigenvalue weighted by atomic mass is 15.0. The van der Waals surface area contributed by atoms with E-state index >= 15 is 0 Å². The Morgan fingerprint density at radius 2 is 2.31 bits per heavy atom. The maximum Gasteiger partial charge on any atom is 0.109 e. The summed E-state index contributed by atoms with van der Waals surface area (Å²) in [6.45, 7) is 6.51. The van der Waals surface area contributed by atoms with Gasteiger partial charge in [0.15, 0.2) is 0 Å². The zero-order valence-corrected chi connectivity index (χ0v) is 8.46. The molecule has 1 saturated carbocycles. The average molecular weight is 179 g/mol. The van der Waals surface area contributed by atoms with Gasteiger partial charge in [-0.3, -0.25) is 0 Å². The van der Waals surface area contributed by atoms with Gasteiger partial charge in [0.05, 0.1) is 5.69 Å². The first-order valence-electron chi connectivity index (χ1n) is 4.81. The Balaban J connectivity index is 2.16. The van der Waals surface area contributed by atoms with Crippen LogP contribution in [0.2, 0.25) is 0 Å². The molecule has 1 fully saturated rings.